The summed E-state index contributed by atoms with van der Waals surface area (Å²) in [6.45, 7) is 12.9. The smallest absolute Gasteiger partial charge is 0.261 e. The number of nitrogens with zero attached hydrogens (tertiary/aromatic N) is 3. The van der Waals surface area contributed by atoms with Crippen LogP contribution in [0.3, 0.4) is 0 Å². The van der Waals surface area contributed by atoms with Gasteiger partial charge in [0.25, 0.3) is 5.56 Å². The number of rotatable bonds is 12. The molecule has 0 bridgehead atoms. The van der Waals surface area contributed by atoms with Crippen LogP contribution in [-0.2, 0) is 13.0 Å². The molecule has 1 aromatic heterocycles. The van der Waals surface area contributed by atoms with Gasteiger partial charge in [0.15, 0.2) is 0 Å². The summed E-state index contributed by atoms with van der Waals surface area (Å²) in [5, 5.41) is 9.43. The first-order valence-electron chi connectivity index (χ1n) is 14.0. The van der Waals surface area contributed by atoms with E-state index in [-0.39, 0.29) is 11.7 Å². The van der Waals surface area contributed by atoms with Crippen molar-refractivity contribution >= 4 is 5.57 Å². The SMILES string of the molecule is CCCc1nc(C)c(-c2ccc(OC(C)CC)cc2)c(=O)n1C/C(=C/C/C=C(\C)c1ccccc1C#N)CC. The lowest BCUT2D eigenvalue weighted by Crippen LogP contribution is -2.28. The van der Waals surface area contributed by atoms with E-state index in [4.69, 9.17) is 9.72 Å². The van der Waals surface area contributed by atoms with Crippen molar-refractivity contribution in [2.24, 2.45) is 0 Å². The van der Waals surface area contributed by atoms with Crippen LogP contribution < -0.4 is 10.3 Å². The summed E-state index contributed by atoms with van der Waals surface area (Å²) in [5.74, 6) is 1.63. The molecule has 1 atom stereocenters. The Morgan fingerprint density at radius 1 is 1.10 bits per heavy atom. The van der Waals surface area contributed by atoms with E-state index in [1.807, 2.05) is 73.9 Å². The Balaban J connectivity index is 1.93. The molecule has 0 radical (unpaired) electrons. The van der Waals surface area contributed by atoms with Gasteiger partial charge in [-0.3, -0.25) is 9.36 Å². The monoisotopic (exact) mass is 523 g/mol. The van der Waals surface area contributed by atoms with Gasteiger partial charge >= 0.3 is 0 Å². The van der Waals surface area contributed by atoms with Gasteiger partial charge in [-0.05, 0) is 81.4 Å². The summed E-state index contributed by atoms with van der Waals surface area (Å²) in [4.78, 5) is 18.8. The minimum Gasteiger partial charge on any atom is -0.491 e. The molecule has 0 aliphatic carbocycles. The molecule has 0 saturated heterocycles. The van der Waals surface area contributed by atoms with Crippen LogP contribution in [0, 0.1) is 18.3 Å². The Morgan fingerprint density at radius 2 is 1.82 bits per heavy atom. The number of hydrogen-bond donors (Lipinski definition) is 0. The predicted molar refractivity (Wildman–Crippen MR) is 161 cm³/mol. The van der Waals surface area contributed by atoms with Crippen LogP contribution in [0.4, 0.5) is 0 Å². The normalized spacial score (nSPS) is 12.7. The highest BCUT2D eigenvalue weighted by Crippen LogP contribution is 2.24. The Morgan fingerprint density at radius 3 is 2.46 bits per heavy atom. The number of nitriles is 1. The van der Waals surface area contributed by atoms with Crippen molar-refractivity contribution in [1.29, 1.82) is 5.26 Å². The number of aryl methyl sites for hydroxylation is 2. The van der Waals surface area contributed by atoms with E-state index in [9.17, 15) is 10.1 Å². The van der Waals surface area contributed by atoms with E-state index in [0.717, 1.165) is 66.1 Å². The van der Waals surface area contributed by atoms with Crippen molar-refractivity contribution in [2.75, 3.05) is 0 Å². The van der Waals surface area contributed by atoms with Gasteiger partial charge < -0.3 is 4.74 Å². The quantitative estimate of drug-likeness (QED) is 0.225. The number of aromatic nitrogens is 2. The first kappa shape index (κ1) is 29.6. The Bertz CT molecular complexity index is 1420. The average Bonchev–Trinajstić information content (AvgIpc) is 2.94. The lowest BCUT2D eigenvalue weighted by Gasteiger charge is -2.17. The van der Waals surface area contributed by atoms with Gasteiger partial charge in [0.05, 0.1) is 29.0 Å². The fourth-order valence-corrected chi connectivity index (χ4v) is 4.60. The van der Waals surface area contributed by atoms with E-state index >= 15 is 0 Å². The van der Waals surface area contributed by atoms with E-state index in [2.05, 4.69) is 39.0 Å². The number of allylic oxidation sites excluding steroid dienone is 4. The van der Waals surface area contributed by atoms with E-state index in [1.54, 1.807) is 0 Å². The standard InChI is InChI=1S/C34H41N3O2/c1-7-13-32-36-26(6)33(28-18-20-30(21-19-28)39-25(5)8-2)34(38)37(32)23-27(9-3)15-12-14-24(4)31-17-11-10-16-29(31)22-35/h10-11,14-21,25H,7-9,12-13,23H2,1-6H3/b24-14+,27-15+. The second-order valence-corrected chi connectivity index (χ2v) is 9.99. The minimum atomic E-state index is -0.00411. The molecule has 39 heavy (non-hydrogen) atoms. The summed E-state index contributed by atoms with van der Waals surface area (Å²) in [5.41, 5.74) is 6.14. The van der Waals surface area contributed by atoms with Crippen LogP contribution in [0.2, 0.25) is 0 Å². The lowest BCUT2D eigenvalue weighted by molar-refractivity contribution is 0.217. The second-order valence-electron chi connectivity index (χ2n) is 9.99. The highest BCUT2D eigenvalue weighted by molar-refractivity contribution is 5.69. The number of ether oxygens (including phenoxy) is 1. The molecule has 1 unspecified atom stereocenters. The fourth-order valence-electron chi connectivity index (χ4n) is 4.60. The van der Waals surface area contributed by atoms with Crippen LogP contribution in [0.25, 0.3) is 16.7 Å². The summed E-state index contributed by atoms with van der Waals surface area (Å²) in [7, 11) is 0. The third-order valence-electron chi connectivity index (χ3n) is 7.08. The zero-order chi connectivity index (χ0) is 28.4. The summed E-state index contributed by atoms with van der Waals surface area (Å²) in [6.07, 6.45) is 8.65. The van der Waals surface area contributed by atoms with E-state index in [1.165, 1.54) is 5.57 Å². The molecule has 204 valence electrons. The zero-order valence-corrected chi connectivity index (χ0v) is 24.3. The number of benzene rings is 2. The molecule has 0 N–H and O–H groups in total. The maximum atomic E-state index is 13.9. The van der Waals surface area contributed by atoms with Gasteiger partial charge in [0.1, 0.15) is 11.6 Å². The van der Waals surface area contributed by atoms with Crippen LogP contribution in [0.5, 0.6) is 5.75 Å². The lowest BCUT2D eigenvalue weighted by atomic mass is 10.0. The summed E-state index contributed by atoms with van der Waals surface area (Å²) >= 11 is 0. The second kappa shape index (κ2) is 14.3. The summed E-state index contributed by atoms with van der Waals surface area (Å²) in [6, 6.07) is 17.7. The third-order valence-corrected chi connectivity index (χ3v) is 7.08. The molecule has 0 aliphatic rings. The zero-order valence-electron chi connectivity index (χ0n) is 24.3. The van der Waals surface area contributed by atoms with Gasteiger partial charge in [-0.15, -0.1) is 0 Å². The number of hydrogen-bond acceptors (Lipinski definition) is 4. The summed E-state index contributed by atoms with van der Waals surface area (Å²) < 4.78 is 7.78. The van der Waals surface area contributed by atoms with Gasteiger partial charge in [-0.1, -0.05) is 68.8 Å². The maximum Gasteiger partial charge on any atom is 0.261 e. The fraction of sp³-hybridized carbons (Fsp3) is 0.382. The first-order chi connectivity index (χ1) is 18.8. The van der Waals surface area contributed by atoms with Crippen molar-refractivity contribution in [3.8, 4) is 22.9 Å². The van der Waals surface area contributed by atoms with Gasteiger partial charge in [0.2, 0.25) is 0 Å². The predicted octanol–water partition coefficient (Wildman–Crippen LogP) is 8.05. The Kier molecular flexibility index (Phi) is 10.9. The average molecular weight is 524 g/mol. The third kappa shape index (κ3) is 7.57. The molecule has 2 aromatic carbocycles. The van der Waals surface area contributed by atoms with Crippen LogP contribution in [0.15, 0.2) is 71.1 Å². The van der Waals surface area contributed by atoms with Crippen molar-refractivity contribution in [3.05, 3.63) is 99.3 Å². The molecule has 3 aromatic rings. The van der Waals surface area contributed by atoms with Gasteiger partial charge in [0, 0.05) is 13.0 Å². The molecular weight excluding hydrogens is 482 g/mol. The van der Waals surface area contributed by atoms with Crippen molar-refractivity contribution in [3.63, 3.8) is 0 Å². The van der Waals surface area contributed by atoms with Crippen LogP contribution >= 0.6 is 0 Å². The Labute approximate surface area is 233 Å². The molecule has 1 heterocycles. The van der Waals surface area contributed by atoms with Gasteiger partial charge in [-0.25, -0.2) is 4.98 Å². The highest BCUT2D eigenvalue weighted by atomic mass is 16.5. The molecule has 0 aliphatic heterocycles. The Hall–Kier alpha value is -3.91. The van der Waals surface area contributed by atoms with Crippen LogP contribution in [-0.4, -0.2) is 15.7 Å². The largest absolute Gasteiger partial charge is 0.491 e. The first-order valence-corrected chi connectivity index (χ1v) is 14.0. The molecule has 0 fully saturated rings. The molecule has 5 heteroatoms. The highest BCUT2D eigenvalue weighted by Gasteiger charge is 2.16. The maximum absolute atomic E-state index is 13.9. The van der Waals surface area contributed by atoms with E-state index < -0.39 is 0 Å². The van der Waals surface area contributed by atoms with Crippen molar-refractivity contribution < 1.29 is 4.74 Å². The van der Waals surface area contributed by atoms with Crippen LogP contribution in [0.1, 0.15) is 82.9 Å². The molecule has 0 spiro atoms. The van der Waals surface area contributed by atoms with Crippen molar-refractivity contribution in [2.45, 2.75) is 86.3 Å². The minimum absolute atomic E-state index is 0.00411. The van der Waals surface area contributed by atoms with E-state index in [0.29, 0.717) is 17.7 Å². The molecule has 3 rings (SSSR count). The molecule has 5 nitrogen and oxygen atoms in total. The molecular formula is C34H41N3O2. The van der Waals surface area contributed by atoms with Crippen molar-refractivity contribution in [1.82, 2.24) is 9.55 Å². The molecule has 0 saturated carbocycles. The topological polar surface area (TPSA) is 67.9 Å². The van der Waals surface area contributed by atoms with Gasteiger partial charge in [-0.2, -0.15) is 5.26 Å². The molecule has 0 amide bonds.